The van der Waals surface area contributed by atoms with Gasteiger partial charge in [0.15, 0.2) is 0 Å². The highest BCUT2D eigenvalue weighted by molar-refractivity contribution is 5.95. The molecule has 0 aromatic carbocycles. The lowest BCUT2D eigenvalue weighted by molar-refractivity contribution is -0.121. The van der Waals surface area contributed by atoms with Gasteiger partial charge in [0.1, 0.15) is 0 Å². The molecule has 0 radical (unpaired) electrons. The van der Waals surface area contributed by atoms with Crippen molar-refractivity contribution in [2.24, 2.45) is 17.8 Å². The van der Waals surface area contributed by atoms with Crippen molar-refractivity contribution < 1.29 is 9.59 Å². The molecule has 4 rings (SSSR count). The molecule has 2 saturated carbocycles. The van der Waals surface area contributed by atoms with Crippen LogP contribution in [-0.4, -0.2) is 42.5 Å². The molecular weight excluding hydrogens is 254 g/mol. The first-order valence-electron chi connectivity index (χ1n) is 7.95. The Morgan fingerprint density at radius 2 is 1.70 bits per heavy atom. The Morgan fingerprint density at radius 3 is 2.35 bits per heavy atom. The van der Waals surface area contributed by atoms with Gasteiger partial charge in [0.2, 0.25) is 5.91 Å². The molecule has 0 spiro atoms. The van der Waals surface area contributed by atoms with Crippen LogP contribution in [0, 0.1) is 17.8 Å². The number of urea groups is 1. The van der Waals surface area contributed by atoms with Gasteiger partial charge in [0.05, 0.1) is 6.54 Å². The molecule has 2 aliphatic carbocycles. The quantitative estimate of drug-likeness (QED) is 0.819. The number of nitrogens with one attached hydrogen (secondary N) is 2. The van der Waals surface area contributed by atoms with Gasteiger partial charge in [-0.05, 0) is 56.8 Å². The number of amides is 3. The van der Waals surface area contributed by atoms with Crippen molar-refractivity contribution in [2.75, 3.05) is 19.6 Å². The van der Waals surface area contributed by atoms with Crippen LogP contribution in [0.5, 0.6) is 0 Å². The topological polar surface area (TPSA) is 61.4 Å². The number of hydrogen-bond donors (Lipinski definition) is 2. The lowest BCUT2D eigenvalue weighted by Crippen LogP contribution is -2.47. The lowest BCUT2D eigenvalue weighted by Gasteiger charge is -2.39. The van der Waals surface area contributed by atoms with E-state index in [9.17, 15) is 9.59 Å². The molecule has 2 aliphatic heterocycles. The summed E-state index contributed by atoms with van der Waals surface area (Å²) in [6.07, 6.45) is 6.61. The molecule has 2 heterocycles. The average Bonchev–Trinajstić information content (AvgIpc) is 2.53. The molecule has 5 nitrogen and oxygen atoms in total. The van der Waals surface area contributed by atoms with Crippen molar-refractivity contribution in [1.82, 2.24) is 15.5 Å². The average molecular weight is 279 g/mol. The van der Waals surface area contributed by atoms with Crippen molar-refractivity contribution in [3.63, 3.8) is 0 Å². The molecule has 4 fully saturated rings. The summed E-state index contributed by atoms with van der Waals surface area (Å²) in [6, 6.07) is 0.185. The molecule has 20 heavy (non-hydrogen) atoms. The highest BCUT2D eigenvalue weighted by Crippen LogP contribution is 2.47. The third-order valence-electron chi connectivity index (χ3n) is 5.16. The van der Waals surface area contributed by atoms with E-state index in [1.165, 1.54) is 32.1 Å². The summed E-state index contributed by atoms with van der Waals surface area (Å²) >= 11 is 0. The second-order valence-electron chi connectivity index (χ2n) is 6.77. The first kappa shape index (κ1) is 13.9. The van der Waals surface area contributed by atoms with Crippen LogP contribution in [0.2, 0.25) is 0 Å². The summed E-state index contributed by atoms with van der Waals surface area (Å²) in [4.78, 5) is 25.7. The van der Waals surface area contributed by atoms with Gasteiger partial charge in [-0.25, -0.2) is 4.79 Å². The van der Waals surface area contributed by atoms with Gasteiger partial charge in [-0.3, -0.25) is 15.0 Å². The van der Waals surface area contributed by atoms with E-state index in [0.29, 0.717) is 19.1 Å². The van der Waals surface area contributed by atoms with Crippen molar-refractivity contribution in [1.29, 1.82) is 0 Å². The summed E-state index contributed by atoms with van der Waals surface area (Å²) in [5.41, 5.74) is 0. The first-order valence-corrected chi connectivity index (χ1v) is 7.95. The van der Waals surface area contributed by atoms with Crippen molar-refractivity contribution in [3.8, 4) is 0 Å². The molecular formula is C15H25N3O2. The molecule has 4 aliphatic rings. The summed E-state index contributed by atoms with van der Waals surface area (Å²) in [5.74, 6) is 2.36. The number of fused-ring (bicyclic) bond motifs is 1. The maximum atomic E-state index is 12.0. The third-order valence-corrected chi connectivity index (χ3v) is 5.16. The van der Waals surface area contributed by atoms with Gasteiger partial charge in [0.25, 0.3) is 0 Å². The molecule has 112 valence electrons. The van der Waals surface area contributed by atoms with Crippen LogP contribution in [0.4, 0.5) is 4.79 Å². The van der Waals surface area contributed by atoms with Crippen LogP contribution in [0.15, 0.2) is 0 Å². The maximum Gasteiger partial charge on any atom is 0.321 e. The first-order chi connectivity index (χ1) is 9.64. The van der Waals surface area contributed by atoms with E-state index in [2.05, 4.69) is 15.5 Å². The second kappa shape index (κ2) is 5.72. The summed E-state index contributed by atoms with van der Waals surface area (Å²) < 4.78 is 0. The molecule has 4 bridgehead atoms. The number of nitrogens with zero attached hydrogens (tertiary/aromatic N) is 1. The van der Waals surface area contributed by atoms with Gasteiger partial charge in [-0.15, -0.1) is 0 Å². The smallest absolute Gasteiger partial charge is 0.321 e. The predicted molar refractivity (Wildman–Crippen MR) is 76.1 cm³/mol. The Bertz CT molecular complexity index is 385. The molecule has 2 atom stereocenters. The van der Waals surface area contributed by atoms with Gasteiger partial charge in [0, 0.05) is 19.1 Å². The van der Waals surface area contributed by atoms with E-state index in [-0.39, 0.29) is 11.9 Å². The summed E-state index contributed by atoms with van der Waals surface area (Å²) in [5, 5.41) is 5.02. The molecule has 3 amide bonds. The van der Waals surface area contributed by atoms with Crippen LogP contribution in [0.25, 0.3) is 0 Å². The van der Waals surface area contributed by atoms with Crippen LogP contribution < -0.4 is 10.6 Å². The Morgan fingerprint density at radius 1 is 1.05 bits per heavy atom. The summed E-state index contributed by atoms with van der Waals surface area (Å²) in [6.45, 7) is 3.80. The number of imide groups is 1. The van der Waals surface area contributed by atoms with E-state index >= 15 is 0 Å². The zero-order valence-electron chi connectivity index (χ0n) is 12.2. The van der Waals surface area contributed by atoms with Crippen molar-refractivity contribution >= 4 is 11.9 Å². The van der Waals surface area contributed by atoms with Crippen LogP contribution in [0.1, 0.15) is 39.0 Å². The fourth-order valence-corrected chi connectivity index (χ4v) is 4.63. The van der Waals surface area contributed by atoms with Crippen LogP contribution in [-0.2, 0) is 4.79 Å². The van der Waals surface area contributed by atoms with Gasteiger partial charge < -0.3 is 5.32 Å². The summed E-state index contributed by atoms with van der Waals surface area (Å²) in [7, 11) is 0. The SMILES string of the molecule is CCNC(=O)NC(=O)CN1CC2CC3CC(C2)CC1C3. The number of hydrogen-bond acceptors (Lipinski definition) is 3. The van der Waals surface area contributed by atoms with Crippen LogP contribution >= 0.6 is 0 Å². The van der Waals surface area contributed by atoms with E-state index in [1.807, 2.05) is 6.92 Å². The molecule has 0 aromatic heterocycles. The fourth-order valence-electron chi connectivity index (χ4n) is 4.63. The molecule has 0 aromatic rings. The maximum absolute atomic E-state index is 12.0. The van der Waals surface area contributed by atoms with E-state index in [0.717, 1.165) is 24.3 Å². The Hall–Kier alpha value is -1.10. The lowest BCUT2D eigenvalue weighted by atomic mass is 9.68. The zero-order chi connectivity index (χ0) is 14.1. The number of carbonyl (C=O) groups excluding carboxylic acids is 2. The second-order valence-corrected chi connectivity index (χ2v) is 6.77. The fraction of sp³-hybridized carbons (Fsp3) is 0.867. The monoisotopic (exact) mass is 279 g/mol. The normalized spacial score (nSPS) is 35.6. The minimum atomic E-state index is -0.377. The van der Waals surface area contributed by atoms with Crippen molar-refractivity contribution in [3.05, 3.63) is 0 Å². The molecule has 2 N–H and O–H groups in total. The number of rotatable bonds is 3. The highest BCUT2D eigenvalue weighted by atomic mass is 16.2. The highest BCUT2D eigenvalue weighted by Gasteiger charge is 2.42. The van der Waals surface area contributed by atoms with E-state index < -0.39 is 0 Å². The zero-order valence-corrected chi connectivity index (χ0v) is 12.2. The van der Waals surface area contributed by atoms with Gasteiger partial charge >= 0.3 is 6.03 Å². The molecule has 5 heteroatoms. The van der Waals surface area contributed by atoms with Gasteiger partial charge in [-0.1, -0.05) is 0 Å². The Kier molecular flexibility index (Phi) is 3.96. The largest absolute Gasteiger partial charge is 0.338 e. The minimum absolute atomic E-state index is 0.169. The molecule has 2 unspecified atom stereocenters. The molecule has 2 saturated heterocycles. The van der Waals surface area contributed by atoms with E-state index in [4.69, 9.17) is 0 Å². The van der Waals surface area contributed by atoms with Crippen LogP contribution in [0.3, 0.4) is 0 Å². The third kappa shape index (κ3) is 2.97. The predicted octanol–water partition coefficient (Wildman–Crippen LogP) is 1.34. The van der Waals surface area contributed by atoms with Crippen molar-refractivity contribution in [2.45, 2.75) is 45.1 Å². The van der Waals surface area contributed by atoms with Gasteiger partial charge in [-0.2, -0.15) is 0 Å². The minimum Gasteiger partial charge on any atom is -0.338 e. The number of carbonyl (C=O) groups is 2. The Labute approximate surface area is 120 Å². The van der Waals surface area contributed by atoms with E-state index in [1.54, 1.807) is 0 Å². The standard InChI is InChI=1S/C15H25N3O2/c1-2-16-15(20)17-14(19)9-18-8-12-4-10-3-11(5-12)7-13(18)6-10/h10-13H,2-9H2,1H3,(H2,16,17,19,20). The Balaban J connectivity index is 1.57.